The van der Waals surface area contributed by atoms with E-state index in [1.54, 1.807) is 48.5 Å². The van der Waals surface area contributed by atoms with E-state index in [-0.39, 0.29) is 0 Å². The van der Waals surface area contributed by atoms with Gasteiger partial charge in [0.25, 0.3) is 5.91 Å². The first-order valence-corrected chi connectivity index (χ1v) is 9.20. The van der Waals surface area contributed by atoms with Gasteiger partial charge < -0.3 is 14.7 Å². The SMILES string of the molecule is O=C1[C@H]([C@@H](O)C(F)(F)F)OC(c2ccccc2)(c2ccccc2)[C@@H]2CCCN12. The molecule has 2 aliphatic heterocycles. The number of alkyl halides is 3. The molecule has 0 unspecified atom stereocenters. The Morgan fingerprint density at radius 1 is 1.04 bits per heavy atom. The lowest BCUT2D eigenvalue weighted by Crippen LogP contribution is -2.65. The van der Waals surface area contributed by atoms with Crippen LogP contribution in [-0.4, -0.2) is 46.9 Å². The van der Waals surface area contributed by atoms with Crippen molar-refractivity contribution in [3.05, 3.63) is 71.8 Å². The Kier molecular flexibility index (Phi) is 4.67. The van der Waals surface area contributed by atoms with E-state index in [2.05, 4.69) is 0 Å². The van der Waals surface area contributed by atoms with E-state index in [9.17, 15) is 23.1 Å². The summed E-state index contributed by atoms with van der Waals surface area (Å²) in [6, 6.07) is 17.5. The zero-order valence-corrected chi connectivity index (χ0v) is 15.0. The first-order valence-electron chi connectivity index (χ1n) is 9.20. The first kappa shape index (κ1) is 19.0. The number of rotatable bonds is 3. The first-order chi connectivity index (χ1) is 13.4. The number of hydrogen-bond donors (Lipinski definition) is 1. The number of ether oxygens (including phenoxy) is 1. The normalized spacial score (nSPS) is 25.4. The second-order valence-corrected chi connectivity index (χ2v) is 7.18. The number of amides is 1. The third kappa shape index (κ3) is 2.89. The fourth-order valence-electron chi connectivity index (χ4n) is 4.38. The summed E-state index contributed by atoms with van der Waals surface area (Å²) in [5.74, 6) is -0.810. The molecular weight excluding hydrogens is 371 g/mol. The molecule has 4 rings (SSSR count). The Hall–Kier alpha value is -2.38. The van der Waals surface area contributed by atoms with Crippen molar-refractivity contribution in [2.75, 3.05) is 6.54 Å². The number of carbonyl (C=O) groups is 1. The highest BCUT2D eigenvalue weighted by atomic mass is 19.4. The van der Waals surface area contributed by atoms with Gasteiger partial charge in [-0.2, -0.15) is 13.2 Å². The number of aliphatic hydroxyl groups excluding tert-OH is 1. The van der Waals surface area contributed by atoms with Gasteiger partial charge in [0.05, 0.1) is 6.04 Å². The van der Waals surface area contributed by atoms with Gasteiger partial charge in [-0.05, 0) is 24.0 Å². The highest BCUT2D eigenvalue weighted by Crippen LogP contribution is 2.48. The molecule has 7 heteroatoms. The quantitative estimate of drug-likeness (QED) is 0.874. The molecule has 0 aliphatic carbocycles. The van der Waals surface area contributed by atoms with Gasteiger partial charge in [-0.15, -0.1) is 0 Å². The molecule has 0 radical (unpaired) electrons. The minimum Gasteiger partial charge on any atom is -0.381 e. The average Bonchev–Trinajstić information content (AvgIpc) is 3.20. The van der Waals surface area contributed by atoms with E-state index < -0.39 is 35.9 Å². The number of halogens is 3. The molecular formula is C21H20F3NO3. The minimum atomic E-state index is -4.97. The van der Waals surface area contributed by atoms with E-state index in [0.29, 0.717) is 30.5 Å². The third-order valence-electron chi connectivity index (χ3n) is 5.59. The summed E-state index contributed by atoms with van der Waals surface area (Å²) in [6.45, 7) is 0.343. The van der Waals surface area contributed by atoms with Crippen molar-refractivity contribution in [1.82, 2.24) is 4.90 Å². The molecule has 28 heavy (non-hydrogen) atoms. The second kappa shape index (κ2) is 6.90. The minimum absolute atomic E-state index is 0.343. The topological polar surface area (TPSA) is 49.8 Å². The van der Waals surface area contributed by atoms with Crippen molar-refractivity contribution in [1.29, 1.82) is 0 Å². The number of hydrogen-bond acceptors (Lipinski definition) is 3. The number of nitrogens with zero attached hydrogens (tertiary/aromatic N) is 1. The maximum Gasteiger partial charge on any atom is 0.417 e. The number of carbonyl (C=O) groups excluding carboxylic acids is 1. The molecule has 0 saturated carbocycles. The summed E-state index contributed by atoms with van der Waals surface area (Å²) < 4.78 is 45.9. The average molecular weight is 391 g/mol. The molecule has 1 amide bonds. The monoisotopic (exact) mass is 391 g/mol. The molecule has 1 N–H and O–H groups in total. The Bertz CT molecular complexity index is 801. The smallest absolute Gasteiger partial charge is 0.381 e. The van der Waals surface area contributed by atoms with Crippen molar-refractivity contribution in [3.63, 3.8) is 0 Å². The van der Waals surface area contributed by atoms with Crippen molar-refractivity contribution in [3.8, 4) is 0 Å². The lowest BCUT2D eigenvalue weighted by molar-refractivity contribution is -0.265. The maximum absolute atomic E-state index is 13.3. The summed E-state index contributed by atoms with van der Waals surface area (Å²) in [7, 11) is 0. The van der Waals surface area contributed by atoms with Crippen LogP contribution in [-0.2, 0) is 15.1 Å². The maximum atomic E-state index is 13.3. The number of morpholine rings is 1. The van der Waals surface area contributed by atoms with Gasteiger partial charge in [-0.3, -0.25) is 4.79 Å². The lowest BCUT2D eigenvalue weighted by Gasteiger charge is -2.51. The van der Waals surface area contributed by atoms with Crippen molar-refractivity contribution in [2.24, 2.45) is 0 Å². The predicted octanol–water partition coefficient (Wildman–Crippen LogP) is 3.24. The number of fused-ring (bicyclic) bond motifs is 1. The molecule has 0 spiro atoms. The van der Waals surface area contributed by atoms with E-state index in [0.717, 1.165) is 0 Å². The molecule has 2 aromatic carbocycles. The van der Waals surface area contributed by atoms with Crippen molar-refractivity contribution >= 4 is 5.91 Å². The van der Waals surface area contributed by atoms with Gasteiger partial charge in [0, 0.05) is 6.54 Å². The van der Waals surface area contributed by atoms with Gasteiger partial charge in [-0.1, -0.05) is 60.7 Å². The zero-order chi connectivity index (χ0) is 19.9. The summed E-state index contributed by atoms with van der Waals surface area (Å²) in [5, 5.41) is 9.93. The molecule has 2 fully saturated rings. The molecule has 3 atom stereocenters. The van der Waals surface area contributed by atoms with Crippen LogP contribution in [0.1, 0.15) is 24.0 Å². The van der Waals surface area contributed by atoms with Crippen molar-refractivity contribution in [2.45, 2.75) is 42.9 Å². The van der Waals surface area contributed by atoms with Crippen LogP contribution in [0.5, 0.6) is 0 Å². The molecule has 0 bridgehead atoms. The highest BCUT2D eigenvalue weighted by molar-refractivity contribution is 5.84. The highest BCUT2D eigenvalue weighted by Gasteiger charge is 2.60. The molecule has 2 aromatic rings. The van der Waals surface area contributed by atoms with Gasteiger partial charge >= 0.3 is 6.18 Å². The van der Waals surface area contributed by atoms with Gasteiger partial charge in [-0.25, -0.2) is 0 Å². The molecule has 2 aliphatic rings. The van der Waals surface area contributed by atoms with E-state index in [4.69, 9.17) is 4.74 Å². The number of aliphatic hydroxyl groups is 1. The van der Waals surface area contributed by atoms with Crippen LogP contribution in [0.25, 0.3) is 0 Å². The third-order valence-corrected chi connectivity index (χ3v) is 5.59. The summed E-state index contributed by atoms with van der Waals surface area (Å²) in [4.78, 5) is 14.2. The van der Waals surface area contributed by atoms with Crippen LogP contribution in [0, 0.1) is 0 Å². The molecule has 2 saturated heterocycles. The lowest BCUT2D eigenvalue weighted by atomic mass is 9.77. The van der Waals surface area contributed by atoms with Gasteiger partial charge in [0.15, 0.2) is 12.2 Å². The Morgan fingerprint density at radius 3 is 2.07 bits per heavy atom. The van der Waals surface area contributed by atoms with E-state index in [1.807, 2.05) is 12.1 Å². The van der Waals surface area contributed by atoms with Crippen LogP contribution in [0.2, 0.25) is 0 Å². The van der Waals surface area contributed by atoms with Gasteiger partial charge in [0.1, 0.15) is 5.60 Å². The van der Waals surface area contributed by atoms with Crippen LogP contribution in [0.15, 0.2) is 60.7 Å². The Labute approximate surface area is 160 Å². The number of benzene rings is 2. The Morgan fingerprint density at radius 2 is 1.57 bits per heavy atom. The molecule has 2 heterocycles. The summed E-state index contributed by atoms with van der Waals surface area (Å²) >= 11 is 0. The van der Waals surface area contributed by atoms with Gasteiger partial charge in [0.2, 0.25) is 0 Å². The second-order valence-electron chi connectivity index (χ2n) is 7.18. The summed E-state index contributed by atoms with van der Waals surface area (Å²) in [5.41, 5.74) is 0.0269. The van der Waals surface area contributed by atoms with Crippen molar-refractivity contribution < 1.29 is 27.8 Å². The van der Waals surface area contributed by atoms with E-state index >= 15 is 0 Å². The predicted molar refractivity (Wildman–Crippen MR) is 95.3 cm³/mol. The molecule has 148 valence electrons. The Balaban J connectivity index is 1.92. The van der Waals surface area contributed by atoms with E-state index in [1.165, 1.54) is 4.90 Å². The fraction of sp³-hybridized carbons (Fsp3) is 0.381. The van der Waals surface area contributed by atoms with Crippen LogP contribution < -0.4 is 0 Å². The largest absolute Gasteiger partial charge is 0.417 e. The standard InChI is InChI=1S/C21H20F3NO3/c22-21(23,24)18(26)17-19(27)25-13-7-12-16(25)20(28-17,14-8-3-1-4-9-14)15-10-5-2-6-11-15/h1-6,8-11,16-18,26H,7,12-13H2/t16-,17-,18+/m0/s1. The van der Waals surface area contributed by atoms with Crippen LogP contribution in [0.3, 0.4) is 0 Å². The molecule has 4 nitrogen and oxygen atoms in total. The zero-order valence-electron chi connectivity index (χ0n) is 15.0. The summed E-state index contributed by atoms with van der Waals surface area (Å²) in [6.07, 6.45) is -8.62. The van der Waals surface area contributed by atoms with Crippen LogP contribution in [0.4, 0.5) is 13.2 Å². The van der Waals surface area contributed by atoms with Crippen LogP contribution >= 0.6 is 0 Å². The fourth-order valence-corrected chi connectivity index (χ4v) is 4.38. The molecule has 0 aromatic heterocycles.